The van der Waals surface area contributed by atoms with E-state index in [1.807, 2.05) is 23.1 Å². The first-order valence-corrected chi connectivity index (χ1v) is 7.90. The molecule has 2 aliphatic rings. The van der Waals surface area contributed by atoms with Crippen molar-refractivity contribution < 1.29 is 4.79 Å². The van der Waals surface area contributed by atoms with Crippen LogP contribution < -0.4 is 0 Å². The molecule has 3 nitrogen and oxygen atoms in total. The van der Waals surface area contributed by atoms with E-state index in [1.165, 1.54) is 12.8 Å². The van der Waals surface area contributed by atoms with Gasteiger partial charge < -0.3 is 4.90 Å². The van der Waals surface area contributed by atoms with Gasteiger partial charge in [-0.05, 0) is 37.9 Å². The topological polar surface area (TPSA) is 23.6 Å². The molecular formula is C18H22N2O. The molecule has 2 saturated heterocycles. The first-order chi connectivity index (χ1) is 10.3. The third-order valence-electron chi connectivity index (χ3n) is 4.28. The Bertz CT molecular complexity index is 537. The van der Waals surface area contributed by atoms with Crippen LogP contribution in [0.15, 0.2) is 30.3 Å². The molecule has 110 valence electrons. The Labute approximate surface area is 126 Å². The maximum Gasteiger partial charge on any atom is 0.223 e. The molecule has 0 spiro atoms. The molecule has 1 unspecified atom stereocenters. The van der Waals surface area contributed by atoms with Crippen molar-refractivity contribution in [2.24, 2.45) is 0 Å². The van der Waals surface area contributed by atoms with Crippen molar-refractivity contribution in [3.05, 3.63) is 35.9 Å². The first kappa shape index (κ1) is 14.2. The molecule has 1 aromatic rings. The summed E-state index contributed by atoms with van der Waals surface area (Å²) in [5.41, 5.74) is 1.13. The van der Waals surface area contributed by atoms with Crippen molar-refractivity contribution in [3.63, 3.8) is 0 Å². The molecule has 1 atom stereocenters. The maximum atomic E-state index is 12.1. The minimum absolute atomic E-state index is 0.0798. The lowest BCUT2D eigenvalue weighted by Crippen LogP contribution is -2.29. The number of amides is 1. The van der Waals surface area contributed by atoms with E-state index in [1.54, 1.807) is 0 Å². The third kappa shape index (κ3) is 3.46. The van der Waals surface area contributed by atoms with Crippen LogP contribution in [0.2, 0.25) is 0 Å². The number of benzene rings is 1. The Balaban J connectivity index is 1.75. The molecular weight excluding hydrogens is 260 g/mol. The van der Waals surface area contributed by atoms with E-state index >= 15 is 0 Å². The van der Waals surface area contributed by atoms with Gasteiger partial charge in [0.15, 0.2) is 0 Å². The van der Waals surface area contributed by atoms with Crippen LogP contribution in [-0.2, 0) is 4.79 Å². The average Bonchev–Trinajstić information content (AvgIpc) is 3.16. The van der Waals surface area contributed by atoms with Gasteiger partial charge >= 0.3 is 0 Å². The predicted molar refractivity (Wildman–Crippen MR) is 83.6 cm³/mol. The summed E-state index contributed by atoms with van der Waals surface area (Å²) in [7, 11) is 0. The van der Waals surface area contributed by atoms with Crippen LogP contribution in [0, 0.1) is 11.8 Å². The number of hydrogen-bond acceptors (Lipinski definition) is 2. The Kier molecular flexibility index (Phi) is 4.57. The van der Waals surface area contributed by atoms with Crippen molar-refractivity contribution in [2.45, 2.75) is 31.7 Å². The van der Waals surface area contributed by atoms with E-state index in [0.29, 0.717) is 6.42 Å². The molecule has 0 N–H and O–H groups in total. The zero-order chi connectivity index (χ0) is 14.5. The van der Waals surface area contributed by atoms with Crippen LogP contribution in [0.25, 0.3) is 0 Å². The molecule has 3 heteroatoms. The highest BCUT2D eigenvalue weighted by molar-refractivity contribution is 5.79. The van der Waals surface area contributed by atoms with E-state index in [-0.39, 0.29) is 11.9 Å². The monoisotopic (exact) mass is 282 g/mol. The molecule has 2 aliphatic heterocycles. The summed E-state index contributed by atoms with van der Waals surface area (Å²) in [6.07, 6.45) is 4.19. The first-order valence-electron chi connectivity index (χ1n) is 7.90. The van der Waals surface area contributed by atoms with Crippen LogP contribution >= 0.6 is 0 Å². The second-order valence-corrected chi connectivity index (χ2v) is 5.81. The summed E-state index contributed by atoms with van der Waals surface area (Å²) >= 11 is 0. The van der Waals surface area contributed by atoms with Crippen molar-refractivity contribution >= 4 is 5.91 Å². The number of hydrogen-bond donors (Lipinski definition) is 0. The van der Waals surface area contributed by atoms with Gasteiger partial charge in [-0.3, -0.25) is 9.69 Å². The highest BCUT2D eigenvalue weighted by atomic mass is 16.2. The lowest BCUT2D eigenvalue weighted by molar-refractivity contribution is -0.128. The van der Waals surface area contributed by atoms with Gasteiger partial charge in [0.2, 0.25) is 5.91 Å². The van der Waals surface area contributed by atoms with E-state index in [0.717, 1.165) is 38.2 Å². The van der Waals surface area contributed by atoms with Crippen LogP contribution in [0.1, 0.15) is 37.3 Å². The Morgan fingerprint density at radius 3 is 2.48 bits per heavy atom. The van der Waals surface area contributed by atoms with Gasteiger partial charge in [0.1, 0.15) is 6.04 Å². The predicted octanol–water partition coefficient (Wildman–Crippen LogP) is 2.45. The molecule has 0 radical (unpaired) electrons. The highest BCUT2D eigenvalue weighted by Crippen LogP contribution is 2.25. The molecule has 1 aromatic carbocycles. The summed E-state index contributed by atoms with van der Waals surface area (Å²) in [4.78, 5) is 16.4. The Morgan fingerprint density at radius 1 is 1.05 bits per heavy atom. The second kappa shape index (κ2) is 6.78. The minimum atomic E-state index is -0.0798. The SMILES string of the molecule is O=C1CCCN1C(C#CCN1CCCC1)c1ccccc1. The normalized spacial score (nSPS) is 20.4. The van der Waals surface area contributed by atoms with Gasteiger partial charge in [0.05, 0.1) is 6.54 Å². The van der Waals surface area contributed by atoms with E-state index in [2.05, 4.69) is 28.9 Å². The zero-order valence-electron chi connectivity index (χ0n) is 12.4. The molecule has 2 fully saturated rings. The average molecular weight is 282 g/mol. The number of nitrogens with zero attached hydrogens (tertiary/aromatic N) is 2. The molecule has 3 rings (SSSR count). The number of carbonyl (C=O) groups is 1. The van der Waals surface area contributed by atoms with Crippen molar-refractivity contribution in [1.82, 2.24) is 9.80 Å². The minimum Gasteiger partial charge on any atom is -0.325 e. The van der Waals surface area contributed by atoms with Gasteiger partial charge in [-0.2, -0.15) is 0 Å². The fourth-order valence-corrected chi connectivity index (χ4v) is 3.11. The standard InChI is InChI=1S/C18H22N2O/c21-18-11-7-15-20(18)17(16-8-2-1-3-9-16)10-6-14-19-12-4-5-13-19/h1-3,8-9,17H,4-5,7,11-15H2. The molecule has 2 heterocycles. The second-order valence-electron chi connectivity index (χ2n) is 5.81. The number of carbonyl (C=O) groups excluding carboxylic acids is 1. The van der Waals surface area contributed by atoms with Gasteiger partial charge in [-0.1, -0.05) is 42.2 Å². The van der Waals surface area contributed by atoms with Gasteiger partial charge in [0.25, 0.3) is 0 Å². The molecule has 0 saturated carbocycles. The Hall–Kier alpha value is -1.79. The lowest BCUT2D eigenvalue weighted by Gasteiger charge is -2.24. The molecule has 0 aliphatic carbocycles. The Morgan fingerprint density at radius 2 is 1.81 bits per heavy atom. The quantitative estimate of drug-likeness (QED) is 0.795. The summed E-state index contributed by atoms with van der Waals surface area (Å²) in [5, 5.41) is 0. The smallest absolute Gasteiger partial charge is 0.223 e. The van der Waals surface area contributed by atoms with E-state index in [9.17, 15) is 4.79 Å². The molecule has 21 heavy (non-hydrogen) atoms. The fourth-order valence-electron chi connectivity index (χ4n) is 3.11. The van der Waals surface area contributed by atoms with E-state index < -0.39 is 0 Å². The fraction of sp³-hybridized carbons (Fsp3) is 0.500. The summed E-state index contributed by atoms with van der Waals surface area (Å²) < 4.78 is 0. The molecule has 0 bridgehead atoms. The van der Waals surface area contributed by atoms with Crippen molar-refractivity contribution in [1.29, 1.82) is 0 Å². The van der Waals surface area contributed by atoms with Crippen LogP contribution in [0.3, 0.4) is 0 Å². The third-order valence-corrected chi connectivity index (χ3v) is 4.28. The van der Waals surface area contributed by atoms with Crippen molar-refractivity contribution in [2.75, 3.05) is 26.2 Å². The number of likely N-dealkylation sites (tertiary alicyclic amines) is 2. The highest BCUT2D eigenvalue weighted by Gasteiger charge is 2.27. The van der Waals surface area contributed by atoms with Crippen LogP contribution in [-0.4, -0.2) is 41.9 Å². The van der Waals surface area contributed by atoms with Gasteiger partial charge in [-0.15, -0.1) is 0 Å². The largest absolute Gasteiger partial charge is 0.325 e. The summed E-state index contributed by atoms with van der Waals surface area (Å²) in [5.74, 6) is 6.89. The van der Waals surface area contributed by atoms with Gasteiger partial charge in [0, 0.05) is 13.0 Å². The summed E-state index contributed by atoms with van der Waals surface area (Å²) in [6.45, 7) is 3.98. The molecule has 0 aromatic heterocycles. The van der Waals surface area contributed by atoms with Crippen LogP contribution in [0.4, 0.5) is 0 Å². The van der Waals surface area contributed by atoms with Crippen LogP contribution in [0.5, 0.6) is 0 Å². The zero-order valence-corrected chi connectivity index (χ0v) is 12.4. The lowest BCUT2D eigenvalue weighted by atomic mass is 10.1. The van der Waals surface area contributed by atoms with E-state index in [4.69, 9.17) is 0 Å². The van der Waals surface area contributed by atoms with Crippen molar-refractivity contribution in [3.8, 4) is 11.8 Å². The molecule has 1 amide bonds. The maximum absolute atomic E-state index is 12.1. The summed E-state index contributed by atoms with van der Waals surface area (Å²) in [6, 6.07) is 10.1. The van der Waals surface area contributed by atoms with Gasteiger partial charge in [-0.25, -0.2) is 0 Å². The number of rotatable bonds is 3.